The molecule has 0 fully saturated rings. The van der Waals surface area contributed by atoms with Crippen molar-refractivity contribution in [2.24, 2.45) is 0 Å². The Bertz CT molecular complexity index is 995. The maximum Gasteiger partial charge on any atom is 0.408 e. The lowest BCUT2D eigenvalue weighted by Crippen LogP contribution is -2.52. The van der Waals surface area contributed by atoms with Gasteiger partial charge < -0.3 is 20.5 Å². The summed E-state index contributed by atoms with van der Waals surface area (Å²) in [6.45, 7) is 1.19. The highest BCUT2D eigenvalue weighted by Crippen LogP contribution is 2.44. The molecule has 2 atom stereocenters. The van der Waals surface area contributed by atoms with Gasteiger partial charge in [0.2, 0.25) is 5.91 Å². The second-order valence-corrected chi connectivity index (χ2v) is 7.73. The van der Waals surface area contributed by atoms with Crippen LogP contribution in [0.1, 0.15) is 36.8 Å². The highest BCUT2D eigenvalue weighted by molar-refractivity contribution is 5.85. The number of carbonyl (C=O) groups excluding carboxylic acids is 2. The zero-order chi connectivity index (χ0) is 24.2. The topological polar surface area (TPSA) is 105 Å². The molecule has 2 aromatic carbocycles. The molecule has 10 heteroatoms. The monoisotopic (exact) mass is 464 g/mol. The van der Waals surface area contributed by atoms with Crippen molar-refractivity contribution >= 4 is 18.0 Å². The molecule has 0 radical (unpaired) electrons. The van der Waals surface area contributed by atoms with Gasteiger partial charge in [0.05, 0.1) is 0 Å². The lowest BCUT2D eigenvalue weighted by Gasteiger charge is -2.23. The fourth-order valence-corrected chi connectivity index (χ4v) is 3.76. The quantitative estimate of drug-likeness (QED) is 0.551. The molecule has 3 N–H and O–H groups in total. The third-order valence-corrected chi connectivity index (χ3v) is 5.43. The van der Waals surface area contributed by atoms with E-state index in [1.165, 1.54) is 6.92 Å². The molecule has 0 unspecified atom stereocenters. The predicted octanol–water partition coefficient (Wildman–Crippen LogP) is 3.83. The average molecular weight is 464 g/mol. The van der Waals surface area contributed by atoms with Gasteiger partial charge in [-0.1, -0.05) is 48.5 Å². The van der Waals surface area contributed by atoms with Crippen LogP contribution in [0.25, 0.3) is 11.1 Å². The molecule has 0 aromatic heterocycles. The van der Waals surface area contributed by atoms with Crippen molar-refractivity contribution in [2.75, 3.05) is 6.61 Å². The average Bonchev–Trinajstić information content (AvgIpc) is 3.07. The van der Waals surface area contributed by atoms with Gasteiger partial charge in [0.1, 0.15) is 18.7 Å². The SMILES string of the molecule is C[C@H](NC(=O)OCC1c2ccccc2-c2ccccc21)C(=O)N[C@@H](CCC(=O)O)C(F)(F)F. The largest absolute Gasteiger partial charge is 0.481 e. The second-order valence-electron chi connectivity index (χ2n) is 7.73. The number of carboxylic acid groups (broad SMARTS) is 1. The van der Waals surface area contributed by atoms with Gasteiger partial charge in [-0.3, -0.25) is 9.59 Å². The summed E-state index contributed by atoms with van der Waals surface area (Å²) in [4.78, 5) is 34.9. The minimum absolute atomic E-state index is 0.0159. The van der Waals surface area contributed by atoms with Crippen molar-refractivity contribution in [3.63, 3.8) is 0 Å². The summed E-state index contributed by atoms with van der Waals surface area (Å²) in [7, 11) is 0. The molecule has 0 saturated heterocycles. The van der Waals surface area contributed by atoms with Crippen LogP contribution in [0.3, 0.4) is 0 Å². The van der Waals surface area contributed by atoms with Gasteiger partial charge in [-0.05, 0) is 35.6 Å². The minimum Gasteiger partial charge on any atom is -0.481 e. The molecule has 1 aliphatic carbocycles. The number of ether oxygens (including phenoxy) is 1. The summed E-state index contributed by atoms with van der Waals surface area (Å²) in [5, 5.41) is 12.6. The Hall–Kier alpha value is -3.56. The van der Waals surface area contributed by atoms with E-state index in [2.05, 4.69) is 5.32 Å². The molecule has 33 heavy (non-hydrogen) atoms. The predicted molar refractivity (Wildman–Crippen MR) is 113 cm³/mol. The number of rotatable bonds is 8. The fraction of sp³-hybridized carbons (Fsp3) is 0.348. The number of carbonyl (C=O) groups is 3. The van der Waals surface area contributed by atoms with E-state index in [9.17, 15) is 27.6 Å². The summed E-state index contributed by atoms with van der Waals surface area (Å²) in [5.41, 5.74) is 4.05. The fourth-order valence-electron chi connectivity index (χ4n) is 3.76. The molecule has 2 aromatic rings. The van der Waals surface area contributed by atoms with Crippen molar-refractivity contribution in [1.82, 2.24) is 10.6 Å². The van der Waals surface area contributed by atoms with Gasteiger partial charge in [0.15, 0.2) is 0 Å². The Morgan fingerprint density at radius 2 is 1.55 bits per heavy atom. The summed E-state index contributed by atoms with van der Waals surface area (Å²) in [6, 6.07) is 11.7. The molecule has 176 valence electrons. The van der Waals surface area contributed by atoms with Crippen LogP contribution in [-0.4, -0.2) is 47.9 Å². The lowest BCUT2D eigenvalue weighted by atomic mass is 9.98. The molecular weight excluding hydrogens is 441 g/mol. The van der Waals surface area contributed by atoms with E-state index >= 15 is 0 Å². The Labute approximate surface area is 187 Å². The van der Waals surface area contributed by atoms with Crippen LogP contribution in [0.5, 0.6) is 0 Å². The molecule has 0 bridgehead atoms. The summed E-state index contributed by atoms with van der Waals surface area (Å²) < 4.78 is 44.5. The van der Waals surface area contributed by atoms with Gasteiger partial charge in [-0.15, -0.1) is 0 Å². The first kappa shape index (κ1) is 24.1. The number of carboxylic acids is 1. The molecular formula is C23H23F3N2O5. The number of alkyl halides is 3. The van der Waals surface area contributed by atoms with Crippen LogP contribution >= 0.6 is 0 Å². The first-order chi connectivity index (χ1) is 15.6. The van der Waals surface area contributed by atoms with Gasteiger partial charge in [0.25, 0.3) is 0 Å². The van der Waals surface area contributed by atoms with Gasteiger partial charge >= 0.3 is 18.2 Å². The van der Waals surface area contributed by atoms with Crippen molar-refractivity contribution in [3.05, 3.63) is 59.7 Å². The standard InChI is InChI=1S/C23H23F3N2O5/c1-13(21(31)28-19(23(24,25)26)10-11-20(29)30)27-22(32)33-12-18-16-8-4-2-6-14(16)15-7-3-5-9-17(15)18/h2-9,13,18-19H,10-12H2,1H3,(H,27,32)(H,28,31)(H,29,30)/t13-,19-/m0/s1. The molecule has 3 rings (SSSR count). The zero-order valence-corrected chi connectivity index (χ0v) is 17.7. The number of halogens is 3. The van der Waals surface area contributed by atoms with E-state index in [-0.39, 0.29) is 12.5 Å². The summed E-state index contributed by atoms with van der Waals surface area (Å²) in [5.74, 6) is -2.72. The molecule has 0 aliphatic heterocycles. The maximum absolute atomic E-state index is 13.1. The number of hydrogen-bond donors (Lipinski definition) is 3. The van der Waals surface area contributed by atoms with Crippen molar-refractivity contribution in [3.8, 4) is 11.1 Å². The number of fused-ring (bicyclic) bond motifs is 3. The molecule has 0 spiro atoms. The van der Waals surface area contributed by atoms with Gasteiger partial charge in [0, 0.05) is 12.3 Å². The maximum atomic E-state index is 13.1. The Morgan fingerprint density at radius 1 is 1.00 bits per heavy atom. The van der Waals surface area contributed by atoms with Crippen LogP contribution in [-0.2, 0) is 14.3 Å². The van der Waals surface area contributed by atoms with E-state index in [4.69, 9.17) is 9.84 Å². The summed E-state index contributed by atoms with van der Waals surface area (Å²) in [6.07, 6.45) is -7.36. The van der Waals surface area contributed by atoms with E-state index in [0.717, 1.165) is 22.3 Å². The van der Waals surface area contributed by atoms with Crippen molar-refractivity contribution in [2.45, 2.75) is 43.9 Å². The molecule has 2 amide bonds. The Morgan fingerprint density at radius 3 is 2.06 bits per heavy atom. The highest BCUT2D eigenvalue weighted by atomic mass is 19.4. The first-order valence-electron chi connectivity index (χ1n) is 10.3. The van der Waals surface area contributed by atoms with Gasteiger partial charge in [-0.25, -0.2) is 4.79 Å². The number of hydrogen-bond acceptors (Lipinski definition) is 4. The lowest BCUT2D eigenvalue weighted by molar-refractivity contribution is -0.165. The minimum atomic E-state index is -4.82. The van der Waals surface area contributed by atoms with Gasteiger partial charge in [-0.2, -0.15) is 13.2 Å². The third kappa shape index (κ3) is 5.82. The number of alkyl carbamates (subject to hydrolysis) is 1. The zero-order valence-electron chi connectivity index (χ0n) is 17.7. The van der Waals surface area contributed by atoms with E-state index < -0.39 is 49.1 Å². The molecule has 0 heterocycles. The molecule has 7 nitrogen and oxygen atoms in total. The Balaban J connectivity index is 1.57. The Kier molecular flexibility index (Phi) is 7.25. The molecule has 0 saturated carbocycles. The van der Waals surface area contributed by atoms with Crippen LogP contribution in [0.4, 0.5) is 18.0 Å². The normalized spacial score (nSPS) is 14.5. The number of amides is 2. The molecule has 1 aliphatic rings. The first-order valence-corrected chi connectivity index (χ1v) is 10.3. The summed E-state index contributed by atoms with van der Waals surface area (Å²) >= 11 is 0. The number of nitrogens with one attached hydrogen (secondary N) is 2. The van der Waals surface area contributed by atoms with E-state index in [0.29, 0.717) is 0 Å². The van der Waals surface area contributed by atoms with Crippen LogP contribution in [0.2, 0.25) is 0 Å². The second kappa shape index (κ2) is 9.93. The number of benzene rings is 2. The smallest absolute Gasteiger partial charge is 0.408 e. The third-order valence-electron chi connectivity index (χ3n) is 5.43. The van der Waals surface area contributed by atoms with Crippen LogP contribution in [0.15, 0.2) is 48.5 Å². The van der Waals surface area contributed by atoms with Crippen LogP contribution in [0, 0.1) is 0 Å². The van der Waals surface area contributed by atoms with Crippen molar-refractivity contribution < 1.29 is 37.4 Å². The van der Waals surface area contributed by atoms with E-state index in [1.807, 2.05) is 48.5 Å². The van der Waals surface area contributed by atoms with E-state index in [1.54, 1.807) is 5.32 Å². The van der Waals surface area contributed by atoms with Crippen molar-refractivity contribution in [1.29, 1.82) is 0 Å². The highest BCUT2D eigenvalue weighted by Gasteiger charge is 2.41. The number of aliphatic carboxylic acids is 1. The van der Waals surface area contributed by atoms with Crippen LogP contribution < -0.4 is 10.6 Å².